The second-order valence-corrected chi connectivity index (χ2v) is 8.72. The number of rotatable bonds is 5. The van der Waals surface area contributed by atoms with Gasteiger partial charge in [-0.2, -0.15) is 0 Å². The Morgan fingerprint density at radius 1 is 1.20 bits per heavy atom. The van der Waals surface area contributed by atoms with Gasteiger partial charge in [-0.3, -0.25) is 14.5 Å². The monoisotopic (exact) mass is 469 g/mol. The van der Waals surface area contributed by atoms with Crippen LogP contribution in [0.1, 0.15) is 34.5 Å². The van der Waals surface area contributed by atoms with E-state index in [4.69, 9.17) is 10.2 Å². The zero-order valence-electron chi connectivity index (χ0n) is 16.8. The number of hydrogen-bond donors (Lipinski definition) is 2. The molecule has 4 rings (SSSR count). The van der Waals surface area contributed by atoms with E-state index in [2.05, 4.69) is 26.1 Å². The number of benzene rings is 2. The van der Waals surface area contributed by atoms with E-state index in [-0.39, 0.29) is 17.7 Å². The highest BCUT2D eigenvalue weighted by Crippen LogP contribution is 2.29. The second kappa shape index (κ2) is 8.62. The molecule has 0 saturated carbocycles. The third-order valence-electron chi connectivity index (χ3n) is 5.69. The van der Waals surface area contributed by atoms with Crippen LogP contribution in [0.5, 0.6) is 0 Å². The van der Waals surface area contributed by atoms with E-state index in [1.807, 2.05) is 49.4 Å². The van der Waals surface area contributed by atoms with Gasteiger partial charge in [0.05, 0.1) is 0 Å². The van der Waals surface area contributed by atoms with Gasteiger partial charge in [0, 0.05) is 33.6 Å². The summed E-state index contributed by atoms with van der Waals surface area (Å²) in [6, 6.07) is 13.5. The number of furan rings is 1. The molecule has 7 heteroatoms. The maximum Gasteiger partial charge on any atom is 0.291 e. The highest BCUT2D eigenvalue weighted by atomic mass is 79.9. The van der Waals surface area contributed by atoms with E-state index in [9.17, 15) is 9.59 Å². The molecule has 0 atom stereocenters. The lowest BCUT2D eigenvalue weighted by molar-refractivity contribution is -0.123. The number of halogens is 1. The van der Waals surface area contributed by atoms with E-state index in [0.29, 0.717) is 11.3 Å². The van der Waals surface area contributed by atoms with Crippen LogP contribution in [-0.4, -0.2) is 29.8 Å². The van der Waals surface area contributed by atoms with Gasteiger partial charge in [-0.1, -0.05) is 28.1 Å². The Balaban J connectivity index is 1.44. The number of amides is 2. The van der Waals surface area contributed by atoms with Gasteiger partial charge >= 0.3 is 0 Å². The van der Waals surface area contributed by atoms with Crippen molar-refractivity contribution < 1.29 is 14.0 Å². The van der Waals surface area contributed by atoms with E-state index >= 15 is 0 Å². The number of nitrogens with one attached hydrogen (secondary N) is 1. The first kappa shape index (κ1) is 20.6. The fourth-order valence-corrected chi connectivity index (χ4v) is 4.34. The van der Waals surface area contributed by atoms with Gasteiger partial charge in [-0.15, -0.1) is 0 Å². The van der Waals surface area contributed by atoms with Gasteiger partial charge in [0.15, 0.2) is 5.76 Å². The molecule has 156 valence electrons. The highest BCUT2D eigenvalue weighted by Gasteiger charge is 2.23. The average Bonchev–Trinajstić information content (AvgIpc) is 3.05. The first-order valence-corrected chi connectivity index (χ1v) is 10.8. The van der Waals surface area contributed by atoms with Gasteiger partial charge < -0.3 is 15.5 Å². The van der Waals surface area contributed by atoms with Crippen molar-refractivity contribution in [1.29, 1.82) is 0 Å². The molecule has 0 unspecified atom stereocenters. The number of carbonyl (C=O) groups is 2. The molecule has 6 nitrogen and oxygen atoms in total. The molecular formula is C23H24BrN3O3. The summed E-state index contributed by atoms with van der Waals surface area (Å²) in [5, 5.41) is 3.87. The molecule has 1 fully saturated rings. The van der Waals surface area contributed by atoms with Crippen molar-refractivity contribution in [3.05, 3.63) is 63.8 Å². The van der Waals surface area contributed by atoms with Crippen molar-refractivity contribution >= 4 is 44.4 Å². The average molecular weight is 470 g/mol. The van der Waals surface area contributed by atoms with Crippen LogP contribution in [0.4, 0.5) is 5.69 Å². The third-order valence-corrected chi connectivity index (χ3v) is 6.18. The summed E-state index contributed by atoms with van der Waals surface area (Å²) in [6.07, 6.45) is 1.60. The van der Waals surface area contributed by atoms with Crippen LogP contribution in [0, 0.1) is 12.8 Å². The minimum atomic E-state index is -0.265. The van der Waals surface area contributed by atoms with Gasteiger partial charge in [-0.05, 0) is 68.8 Å². The van der Waals surface area contributed by atoms with Gasteiger partial charge in [-0.25, -0.2) is 0 Å². The molecule has 1 aliphatic rings. The highest BCUT2D eigenvalue weighted by molar-refractivity contribution is 9.10. The molecule has 3 N–H and O–H groups in total. The van der Waals surface area contributed by atoms with Crippen molar-refractivity contribution in [3.8, 4) is 0 Å². The summed E-state index contributed by atoms with van der Waals surface area (Å²) >= 11 is 3.46. The molecule has 0 radical (unpaired) electrons. The van der Waals surface area contributed by atoms with E-state index in [1.54, 1.807) is 0 Å². The zero-order chi connectivity index (χ0) is 21.3. The quantitative estimate of drug-likeness (QED) is 0.577. The Morgan fingerprint density at radius 3 is 2.70 bits per heavy atom. The maximum absolute atomic E-state index is 12.8. The van der Waals surface area contributed by atoms with Crippen molar-refractivity contribution in [2.24, 2.45) is 11.7 Å². The summed E-state index contributed by atoms with van der Waals surface area (Å²) < 4.78 is 6.73. The third kappa shape index (κ3) is 4.42. The van der Waals surface area contributed by atoms with Crippen molar-refractivity contribution in [1.82, 2.24) is 4.90 Å². The fourth-order valence-electron chi connectivity index (χ4n) is 3.98. The second-order valence-electron chi connectivity index (χ2n) is 7.80. The number of piperidine rings is 1. The molecule has 0 spiro atoms. The number of carbonyl (C=O) groups excluding carboxylic acids is 2. The first-order chi connectivity index (χ1) is 14.4. The van der Waals surface area contributed by atoms with Crippen LogP contribution in [0.15, 0.2) is 51.4 Å². The Kier molecular flexibility index (Phi) is 5.92. The van der Waals surface area contributed by atoms with E-state index < -0.39 is 0 Å². The smallest absolute Gasteiger partial charge is 0.291 e. The zero-order valence-corrected chi connectivity index (χ0v) is 18.4. The SMILES string of the molecule is Cc1c(C(=O)Nc2cccc(CN3CCC(C(N)=O)CC3)c2)oc2ccc(Br)cc12. The van der Waals surface area contributed by atoms with Crippen LogP contribution in [0.2, 0.25) is 0 Å². The molecule has 3 aromatic rings. The lowest BCUT2D eigenvalue weighted by Gasteiger charge is -2.30. The number of likely N-dealkylation sites (tertiary alicyclic amines) is 1. The molecule has 1 saturated heterocycles. The Labute approximate surface area is 183 Å². The number of fused-ring (bicyclic) bond motifs is 1. The maximum atomic E-state index is 12.8. The molecule has 0 bridgehead atoms. The first-order valence-electron chi connectivity index (χ1n) is 10.0. The number of nitrogens with two attached hydrogens (primary N) is 1. The fraction of sp³-hybridized carbons (Fsp3) is 0.304. The number of primary amides is 1. The minimum Gasteiger partial charge on any atom is -0.451 e. The Hall–Kier alpha value is -2.64. The number of nitrogens with zero attached hydrogens (tertiary/aromatic N) is 1. The molecule has 2 aromatic carbocycles. The largest absolute Gasteiger partial charge is 0.451 e. The van der Waals surface area contributed by atoms with Crippen LogP contribution < -0.4 is 11.1 Å². The number of aryl methyl sites for hydroxylation is 1. The molecule has 1 aromatic heterocycles. The van der Waals surface area contributed by atoms with Crippen LogP contribution in [0.25, 0.3) is 11.0 Å². The summed E-state index contributed by atoms with van der Waals surface area (Å²) in [7, 11) is 0. The topological polar surface area (TPSA) is 88.6 Å². The minimum absolute atomic E-state index is 0.0143. The summed E-state index contributed by atoms with van der Waals surface area (Å²) in [6.45, 7) is 4.35. The molecule has 0 aliphatic carbocycles. The number of hydrogen-bond acceptors (Lipinski definition) is 4. The van der Waals surface area contributed by atoms with Crippen LogP contribution in [-0.2, 0) is 11.3 Å². The van der Waals surface area contributed by atoms with Gasteiger partial charge in [0.1, 0.15) is 5.58 Å². The lowest BCUT2D eigenvalue weighted by atomic mass is 9.96. The number of anilines is 1. The summed E-state index contributed by atoms with van der Waals surface area (Å²) in [5.41, 5.74) is 8.75. The Bertz CT molecular complexity index is 1100. The standard InChI is InChI=1S/C23H24BrN3O3/c1-14-19-12-17(24)5-6-20(19)30-21(14)23(29)26-18-4-2-3-15(11-18)13-27-9-7-16(8-10-27)22(25)28/h2-6,11-12,16H,7-10,13H2,1H3,(H2,25,28)(H,26,29). The molecule has 30 heavy (non-hydrogen) atoms. The summed E-state index contributed by atoms with van der Waals surface area (Å²) in [5.74, 6) is -0.159. The van der Waals surface area contributed by atoms with Crippen LogP contribution >= 0.6 is 15.9 Å². The van der Waals surface area contributed by atoms with Gasteiger partial charge in [0.25, 0.3) is 5.91 Å². The predicted molar refractivity (Wildman–Crippen MR) is 120 cm³/mol. The van der Waals surface area contributed by atoms with Crippen molar-refractivity contribution in [2.75, 3.05) is 18.4 Å². The van der Waals surface area contributed by atoms with Crippen molar-refractivity contribution in [2.45, 2.75) is 26.3 Å². The lowest BCUT2D eigenvalue weighted by Crippen LogP contribution is -2.38. The molecule has 2 amide bonds. The normalized spacial score (nSPS) is 15.4. The summed E-state index contributed by atoms with van der Waals surface area (Å²) in [4.78, 5) is 26.5. The molecule has 1 aliphatic heterocycles. The van der Waals surface area contributed by atoms with E-state index in [0.717, 1.165) is 59.1 Å². The van der Waals surface area contributed by atoms with E-state index in [1.165, 1.54) is 0 Å². The molecule has 2 heterocycles. The van der Waals surface area contributed by atoms with Crippen LogP contribution in [0.3, 0.4) is 0 Å². The molecular weight excluding hydrogens is 446 g/mol. The predicted octanol–water partition coefficient (Wildman–Crippen LogP) is 4.45. The Morgan fingerprint density at radius 2 is 1.97 bits per heavy atom. The van der Waals surface area contributed by atoms with Gasteiger partial charge in [0.2, 0.25) is 5.91 Å². The van der Waals surface area contributed by atoms with Crippen molar-refractivity contribution in [3.63, 3.8) is 0 Å².